The van der Waals surface area contributed by atoms with Crippen molar-refractivity contribution in [1.29, 1.82) is 0 Å². The van der Waals surface area contributed by atoms with Crippen LogP contribution in [0.3, 0.4) is 0 Å². The third-order valence-corrected chi connectivity index (χ3v) is 2.58. The van der Waals surface area contributed by atoms with Gasteiger partial charge >= 0.3 is 0 Å². The molecule has 5 heteroatoms. The minimum Gasteiger partial charge on any atom is -0.454 e. The van der Waals surface area contributed by atoms with Gasteiger partial charge in [0.15, 0.2) is 11.5 Å². The first kappa shape index (κ1) is 12.4. The number of hydrogen-bond acceptors (Lipinski definition) is 4. The van der Waals surface area contributed by atoms with Gasteiger partial charge in [0.1, 0.15) is 0 Å². The molecule has 0 unspecified atom stereocenters. The third-order valence-electron chi connectivity index (χ3n) is 2.58. The predicted molar refractivity (Wildman–Crippen MR) is 67.0 cm³/mol. The number of ether oxygens (including phenoxy) is 2. The molecule has 0 saturated carbocycles. The molecule has 2 rings (SSSR count). The Hall–Kier alpha value is -2.04. The normalized spacial score (nSPS) is 14.1. The van der Waals surface area contributed by atoms with Crippen molar-refractivity contribution in [2.45, 2.75) is 20.3 Å². The molecule has 0 fully saturated rings. The van der Waals surface area contributed by atoms with E-state index in [1.54, 1.807) is 24.3 Å². The highest BCUT2D eigenvalue weighted by Crippen LogP contribution is 2.33. The number of rotatable bonds is 4. The maximum Gasteiger partial charge on any atom is 0.247 e. The topological polar surface area (TPSA) is 61.6 Å². The Labute approximate surface area is 105 Å². The largest absolute Gasteiger partial charge is 0.454 e. The van der Waals surface area contributed by atoms with Crippen LogP contribution in [-0.2, 0) is 0 Å². The van der Waals surface area contributed by atoms with Crippen LogP contribution in [0.4, 0.5) is 0 Å². The van der Waals surface area contributed by atoms with Gasteiger partial charge in [-0.3, -0.25) is 10.1 Å². The molecule has 1 aliphatic heterocycles. The van der Waals surface area contributed by atoms with Gasteiger partial charge in [-0.05, 0) is 23.6 Å². The fraction of sp³-hybridized carbons (Fsp3) is 0.385. The number of nitrogens with zero attached hydrogens (tertiary/aromatic N) is 1. The highest BCUT2D eigenvalue weighted by atomic mass is 16.7. The van der Waals surface area contributed by atoms with E-state index in [0.717, 1.165) is 5.56 Å². The average molecular weight is 249 g/mol. The Morgan fingerprint density at radius 2 is 2.17 bits per heavy atom. The predicted octanol–water partition coefficient (Wildman–Crippen LogP) is 3.08. The second-order valence-corrected chi connectivity index (χ2v) is 4.60. The van der Waals surface area contributed by atoms with E-state index in [4.69, 9.17) is 9.47 Å². The summed E-state index contributed by atoms with van der Waals surface area (Å²) in [6, 6.07) is 5.31. The number of allylic oxidation sites excluding steroid dienone is 1. The quantitative estimate of drug-likeness (QED) is 0.607. The molecule has 0 atom stereocenters. The van der Waals surface area contributed by atoms with Gasteiger partial charge in [0.05, 0.1) is 4.92 Å². The first-order chi connectivity index (χ1) is 8.56. The van der Waals surface area contributed by atoms with E-state index in [0.29, 0.717) is 17.9 Å². The van der Waals surface area contributed by atoms with Crippen molar-refractivity contribution in [1.82, 2.24) is 0 Å². The minimum absolute atomic E-state index is 0.205. The summed E-state index contributed by atoms with van der Waals surface area (Å²) in [5.74, 6) is 1.56. The van der Waals surface area contributed by atoms with Crippen LogP contribution in [0, 0.1) is 16.0 Å². The van der Waals surface area contributed by atoms with Crippen LogP contribution in [0.1, 0.15) is 25.8 Å². The van der Waals surface area contributed by atoms with Crippen molar-refractivity contribution < 1.29 is 14.4 Å². The van der Waals surface area contributed by atoms with Crippen molar-refractivity contribution in [2.24, 2.45) is 5.92 Å². The molecule has 1 aliphatic rings. The molecule has 0 aliphatic carbocycles. The second-order valence-electron chi connectivity index (χ2n) is 4.60. The summed E-state index contributed by atoms with van der Waals surface area (Å²) in [6.07, 6.45) is 2.03. The molecule has 0 aromatic heterocycles. The van der Waals surface area contributed by atoms with E-state index < -0.39 is 0 Å². The molecular weight excluding hydrogens is 234 g/mol. The van der Waals surface area contributed by atoms with E-state index in [2.05, 4.69) is 0 Å². The smallest absolute Gasteiger partial charge is 0.247 e. The zero-order valence-electron chi connectivity index (χ0n) is 10.4. The highest BCUT2D eigenvalue weighted by Gasteiger charge is 2.16. The Bertz CT molecular complexity index is 494. The van der Waals surface area contributed by atoms with Crippen LogP contribution in [0.25, 0.3) is 6.08 Å². The highest BCUT2D eigenvalue weighted by molar-refractivity contribution is 5.57. The van der Waals surface area contributed by atoms with Crippen LogP contribution >= 0.6 is 0 Å². The first-order valence-corrected chi connectivity index (χ1v) is 5.81. The average Bonchev–Trinajstić information content (AvgIpc) is 2.74. The molecule has 0 N–H and O–H groups in total. The summed E-state index contributed by atoms with van der Waals surface area (Å²) >= 11 is 0. The van der Waals surface area contributed by atoms with Crippen molar-refractivity contribution in [3.63, 3.8) is 0 Å². The summed E-state index contributed by atoms with van der Waals surface area (Å²) < 4.78 is 10.4. The Morgan fingerprint density at radius 1 is 1.44 bits per heavy atom. The fourth-order valence-corrected chi connectivity index (χ4v) is 1.80. The summed E-state index contributed by atoms with van der Waals surface area (Å²) in [4.78, 5) is 10.6. The molecule has 5 nitrogen and oxygen atoms in total. The van der Waals surface area contributed by atoms with Gasteiger partial charge < -0.3 is 9.47 Å². The molecule has 0 bridgehead atoms. The lowest BCUT2D eigenvalue weighted by Gasteiger charge is -2.03. The molecule has 0 amide bonds. The van der Waals surface area contributed by atoms with Crippen molar-refractivity contribution in [3.8, 4) is 11.5 Å². The van der Waals surface area contributed by atoms with Crippen molar-refractivity contribution >= 4 is 6.08 Å². The lowest BCUT2D eigenvalue weighted by Crippen LogP contribution is -2.02. The molecule has 18 heavy (non-hydrogen) atoms. The van der Waals surface area contributed by atoms with Crippen molar-refractivity contribution in [2.75, 3.05) is 6.79 Å². The zero-order chi connectivity index (χ0) is 13.1. The molecule has 96 valence electrons. The van der Waals surface area contributed by atoms with Gasteiger partial charge in [-0.25, -0.2) is 0 Å². The lowest BCUT2D eigenvalue weighted by atomic mass is 10.1. The van der Waals surface area contributed by atoms with Crippen LogP contribution in [0.5, 0.6) is 11.5 Å². The number of fused-ring (bicyclic) bond motifs is 1. The summed E-state index contributed by atoms with van der Waals surface area (Å²) in [5, 5.41) is 11.0. The second kappa shape index (κ2) is 5.08. The Balaban J connectivity index is 2.26. The fourth-order valence-electron chi connectivity index (χ4n) is 1.80. The van der Waals surface area contributed by atoms with Crippen molar-refractivity contribution in [3.05, 3.63) is 39.6 Å². The molecule has 1 aromatic carbocycles. The van der Waals surface area contributed by atoms with E-state index in [1.165, 1.54) is 0 Å². The molecular formula is C13H15NO4. The van der Waals surface area contributed by atoms with Gasteiger partial charge in [-0.2, -0.15) is 0 Å². The van der Waals surface area contributed by atoms with Crippen LogP contribution in [0.2, 0.25) is 0 Å². The maximum absolute atomic E-state index is 11.0. The number of hydrogen-bond donors (Lipinski definition) is 0. The van der Waals surface area contributed by atoms with E-state index >= 15 is 0 Å². The van der Waals surface area contributed by atoms with E-state index in [-0.39, 0.29) is 23.3 Å². The van der Waals surface area contributed by atoms with Crippen LogP contribution in [-0.4, -0.2) is 11.7 Å². The molecule has 0 spiro atoms. The Morgan fingerprint density at radius 3 is 2.83 bits per heavy atom. The van der Waals surface area contributed by atoms with Gasteiger partial charge in [-0.15, -0.1) is 0 Å². The van der Waals surface area contributed by atoms with Gasteiger partial charge in [0.25, 0.3) is 0 Å². The van der Waals surface area contributed by atoms with Crippen LogP contribution in [0.15, 0.2) is 23.9 Å². The number of benzene rings is 1. The number of nitro groups is 1. The maximum atomic E-state index is 11.0. The first-order valence-electron chi connectivity index (χ1n) is 5.81. The lowest BCUT2D eigenvalue weighted by molar-refractivity contribution is -0.427. The standard InChI is InChI=1S/C13H15NO4/c1-9(2)5-11(14(15)16)6-10-3-4-12-13(7-10)18-8-17-12/h3-4,6-7,9H,5,8H2,1-2H3. The van der Waals surface area contributed by atoms with E-state index in [1.807, 2.05) is 13.8 Å². The summed E-state index contributed by atoms with van der Waals surface area (Å²) in [5.41, 5.74) is 0.968. The SMILES string of the molecule is CC(C)CC(=Cc1ccc2c(c1)OCO2)[N+](=O)[O-]. The van der Waals surface area contributed by atoms with Gasteiger partial charge in [0.2, 0.25) is 12.5 Å². The molecule has 0 radical (unpaired) electrons. The van der Waals surface area contributed by atoms with Gasteiger partial charge in [0, 0.05) is 12.5 Å². The van der Waals surface area contributed by atoms with E-state index in [9.17, 15) is 10.1 Å². The third kappa shape index (κ3) is 2.80. The van der Waals surface area contributed by atoms with Gasteiger partial charge in [-0.1, -0.05) is 19.9 Å². The monoisotopic (exact) mass is 249 g/mol. The minimum atomic E-state index is -0.329. The molecule has 1 heterocycles. The molecule has 0 saturated heterocycles. The van der Waals surface area contributed by atoms with Crippen LogP contribution < -0.4 is 9.47 Å². The summed E-state index contributed by atoms with van der Waals surface area (Å²) in [6.45, 7) is 4.12. The zero-order valence-corrected chi connectivity index (χ0v) is 10.4. The molecule has 1 aromatic rings. The summed E-state index contributed by atoms with van der Waals surface area (Å²) in [7, 11) is 0. The Kier molecular flexibility index (Phi) is 3.50.